The SMILES string of the molecule is C.CC(C)(C)c1ccc2c(c1)oc1ccccc12.CC(C)=C1C=Cc2c(oc3ccccc23)C1.[CH3+].[Rf].[Rf]. The van der Waals surface area contributed by atoms with Gasteiger partial charge >= 0.3 is 0 Å². The molecule has 0 unspecified atom stereocenters. The molecule has 0 bridgehead atoms. The van der Waals surface area contributed by atoms with Gasteiger partial charge in [-0.3, -0.25) is 0 Å². The van der Waals surface area contributed by atoms with Crippen LogP contribution in [0.15, 0.2) is 92.8 Å². The van der Waals surface area contributed by atoms with Crippen LogP contribution in [0.2, 0.25) is 0 Å². The van der Waals surface area contributed by atoms with Crippen molar-refractivity contribution in [3.63, 3.8) is 0 Å². The molecule has 1 aliphatic rings. The molecule has 0 spiro atoms. The van der Waals surface area contributed by atoms with Crippen LogP contribution in [0, 0.1) is 7.43 Å². The first-order valence-electron chi connectivity index (χ1n) is 11.6. The minimum Gasteiger partial charge on any atom is -0.460 e. The number of benzene rings is 3. The van der Waals surface area contributed by atoms with E-state index >= 15 is 0 Å². The molecule has 0 amide bonds. The van der Waals surface area contributed by atoms with Crippen molar-refractivity contribution >= 4 is 39.0 Å². The van der Waals surface area contributed by atoms with E-state index < -0.39 is 0 Å². The van der Waals surface area contributed by atoms with Crippen molar-refractivity contribution < 1.29 is 8.83 Å². The minimum atomic E-state index is 0. The second-order valence-electron chi connectivity index (χ2n) is 10.0. The van der Waals surface area contributed by atoms with Crippen molar-refractivity contribution in [3.05, 3.63) is 108 Å². The molecule has 6 rings (SSSR count). The molecule has 4 heteroatoms. The molecule has 2 nitrogen and oxygen atoms in total. The molecule has 0 aliphatic heterocycles. The van der Waals surface area contributed by atoms with Gasteiger partial charge in [0.1, 0.15) is 22.5 Å². The summed E-state index contributed by atoms with van der Waals surface area (Å²) in [5.41, 5.74) is 8.39. The van der Waals surface area contributed by atoms with E-state index in [1.807, 2.05) is 24.3 Å². The fourth-order valence-corrected chi connectivity index (χ4v) is 4.38. The molecule has 0 atom stereocenters. The fraction of sp³-hybridized carbons (Fsp3) is 0.242. The van der Waals surface area contributed by atoms with Gasteiger partial charge in [0.15, 0.2) is 0 Å². The van der Waals surface area contributed by atoms with Gasteiger partial charge in [-0.2, -0.15) is 0 Å². The minimum absolute atomic E-state index is 0. The summed E-state index contributed by atoms with van der Waals surface area (Å²) in [6, 6.07) is 22.9. The van der Waals surface area contributed by atoms with E-state index in [9.17, 15) is 0 Å². The molecule has 37 heavy (non-hydrogen) atoms. The first-order chi connectivity index (χ1) is 15.8. The smallest absolute Gasteiger partial charge is 0.135 e. The monoisotopic (exact) mass is 1000 g/mol. The van der Waals surface area contributed by atoms with E-state index in [1.165, 1.54) is 38.4 Å². The Hall–Kier alpha value is -5.65. The van der Waals surface area contributed by atoms with Gasteiger partial charge in [0.25, 0.3) is 0 Å². The molecule has 0 N–H and O–H groups in total. The molecule has 0 saturated heterocycles. The number of allylic oxidation sites excluding steroid dienone is 3. The normalized spacial score (nSPS) is 11.9. The summed E-state index contributed by atoms with van der Waals surface area (Å²) in [5, 5.41) is 3.62. The number of furan rings is 2. The maximum atomic E-state index is 5.89. The van der Waals surface area contributed by atoms with E-state index in [0.29, 0.717) is 0 Å². The maximum absolute atomic E-state index is 5.89. The number of rotatable bonds is 0. The predicted molar refractivity (Wildman–Crippen MR) is 153 cm³/mol. The third-order valence-corrected chi connectivity index (χ3v) is 6.40. The van der Waals surface area contributed by atoms with Gasteiger partial charge in [0.2, 0.25) is 0 Å². The van der Waals surface area contributed by atoms with Crippen LogP contribution in [0.1, 0.15) is 58.9 Å². The molecule has 0 fully saturated rings. The zero-order chi connectivity index (χ0) is 23.2. The molecule has 0 radical (unpaired) electrons. The van der Waals surface area contributed by atoms with Crippen molar-refractivity contribution in [2.75, 3.05) is 0 Å². The Bertz CT molecular complexity index is 1540. The van der Waals surface area contributed by atoms with Crippen molar-refractivity contribution in [3.8, 4) is 0 Å². The third-order valence-electron chi connectivity index (χ3n) is 6.40. The van der Waals surface area contributed by atoms with Gasteiger partial charge in [-0.25, -0.2) is 0 Å². The van der Waals surface area contributed by atoms with Crippen LogP contribution < -0.4 is 0 Å². The number of hydrogen-bond acceptors (Lipinski definition) is 2. The van der Waals surface area contributed by atoms with Gasteiger partial charge in [-0.15, -0.1) is 0 Å². The Balaban J connectivity index is 0.000000334. The van der Waals surface area contributed by atoms with Crippen molar-refractivity contribution in [2.24, 2.45) is 0 Å². The number of hydrogen-bond donors (Lipinski definition) is 0. The summed E-state index contributed by atoms with van der Waals surface area (Å²) in [6.45, 7) is 10.9. The summed E-state index contributed by atoms with van der Waals surface area (Å²) >= 11 is 0. The van der Waals surface area contributed by atoms with Crippen LogP contribution in [0.3, 0.4) is 0 Å². The zero-order valence-electron chi connectivity index (χ0n) is 22.4. The van der Waals surface area contributed by atoms with E-state index in [0.717, 1.165) is 28.9 Å². The maximum Gasteiger partial charge on any atom is 0.135 e. The Morgan fingerprint density at radius 2 is 1.27 bits per heavy atom. The van der Waals surface area contributed by atoms with Gasteiger partial charge < -0.3 is 8.83 Å². The molecule has 184 valence electrons. The average molecular weight is 1000 g/mol. The molecule has 3 aromatic carbocycles. The van der Waals surface area contributed by atoms with Crippen molar-refractivity contribution in [2.45, 2.75) is 53.9 Å². The first-order valence-corrected chi connectivity index (χ1v) is 11.6. The van der Waals surface area contributed by atoms with Gasteiger partial charge in [-0.05, 0) is 48.6 Å². The fourth-order valence-electron chi connectivity index (χ4n) is 4.38. The van der Waals surface area contributed by atoms with Crippen LogP contribution in [0.5, 0.6) is 0 Å². The Labute approximate surface area is 209 Å². The zero-order valence-corrected chi connectivity index (χ0v) is 35.2. The summed E-state index contributed by atoms with van der Waals surface area (Å²) in [7, 11) is 0. The summed E-state index contributed by atoms with van der Waals surface area (Å²) in [6.07, 6.45) is 5.30. The number of fused-ring (bicyclic) bond motifs is 6. The topological polar surface area (TPSA) is 26.3 Å². The Kier molecular flexibility index (Phi) is 8.52. The van der Waals surface area contributed by atoms with Gasteiger partial charge in [-0.1, -0.05) is 94.5 Å². The molecule has 2 heterocycles. The van der Waals surface area contributed by atoms with Crippen LogP contribution in [-0.4, -0.2) is 0 Å². The second kappa shape index (κ2) is 10.7. The van der Waals surface area contributed by atoms with E-state index in [2.05, 4.69) is 89.2 Å². The summed E-state index contributed by atoms with van der Waals surface area (Å²) in [5.74, 6) is 1.10. The van der Waals surface area contributed by atoms with Crippen LogP contribution in [0.4, 0.5) is 0 Å². The Morgan fingerprint density at radius 3 is 1.89 bits per heavy atom. The summed E-state index contributed by atoms with van der Waals surface area (Å²) in [4.78, 5) is 0. The molecule has 5 aromatic rings. The van der Waals surface area contributed by atoms with E-state index in [4.69, 9.17) is 8.83 Å². The number of para-hydroxylation sites is 2. The predicted octanol–water partition coefficient (Wildman–Crippen LogP) is 10.3. The molecule has 1 aliphatic carbocycles. The van der Waals surface area contributed by atoms with E-state index in [1.54, 1.807) is 0 Å². The third kappa shape index (κ3) is 5.22. The van der Waals surface area contributed by atoms with Crippen LogP contribution in [0.25, 0.3) is 39.0 Å². The molecular weight excluding hydrogens is 962 g/mol. The largest absolute Gasteiger partial charge is 0.460 e. The van der Waals surface area contributed by atoms with Crippen LogP contribution in [-0.2, 0) is 11.8 Å². The summed E-state index contributed by atoms with van der Waals surface area (Å²) < 4.78 is 11.8. The molecule has 2 aromatic heterocycles. The quantitative estimate of drug-likeness (QED) is 0.145. The van der Waals surface area contributed by atoms with Crippen molar-refractivity contribution in [1.82, 2.24) is 0 Å². The second-order valence-corrected chi connectivity index (χ2v) is 10.0. The standard InChI is InChI=1S/C16H16O.C15H14O.CH4.CH3.2Rf/c1-16(2,3)11-8-9-13-12-6-4-5-7-14(12)17-15(13)10-11;1-10(2)11-7-8-13-12-5-3-4-6-14(12)16-15(13)9-11;;;;/h4-10H,1-3H3;3-8H,9H2,1-2H3;1H4;1H3;;/q;;;+1;;. The van der Waals surface area contributed by atoms with Crippen LogP contribution >= 0.6 is 0 Å². The molecule has 0 saturated carbocycles. The Morgan fingerprint density at radius 1 is 0.703 bits per heavy atom. The van der Waals surface area contributed by atoms with E-state index in [-0.39, 0.29) is 20.3 Å². The van der Waals surface area contributed by atoms with Gasteiger partial charge in [0, 0.05) is 35.6 Å². The van der Waals surface area contributed by atoms with Gasteiger partial charge in [0.05, 0.1) is 0 Å². The van der Waals surface area contributed by atoms with Crippen molar-refractivity contribution in [1.29, 1.82) is 0 Å². The first kappa shape index (κ1) is 29.4. The molecular formula is C33H37O2Rf2+. The average Bonchev–Trinajstić information content (AvgIpc) is 3.36.